The number of aromatic nitrogens is 4. The predicted molar refractivity (Wildman–Crippen MR) is 197 cm³/mol. The maximum atomic E-state index is 6.53. The predicted octanol–water partition coefficient (Wildman–Crippen LogP) is 11.1. The van der Waals surface area contributed by atoms with Gasteiger partial charge in [0.2, 0.25) is 0 Å². The Morgan fingerprint density at radius 1 is 0.837 bits per heavy atom. The maximum absolute atomic E-state index is 6.53. The molecule has 0 saturated carbocycles. The van der Waals surface area contributed by atoms with E-state index in [0.717, 1.165) is 45.4 Å². The molecule has 0 N–H and O–H groups in total. The molecule has 1 aliphatic carbocycles. The molecule has 0 bridgehead atoms. The van der Waals surface area contributed by atoms with E-state index in [-0.39, 0.29) is 31.9 Å². The van der Waals surface area contributed by atoms with Gasteiger partial charge in [0.15, 0.2) is 0 Å². The number of hydrogen-bond donors (Lipinski definition) is 0. The largest absolute Gasteiger partial charge is 2.00 e. The normalized spacial score (nSPS) is 16.9. The fourth-order valence-corrected chi connectivity index (χ4v) is 7.55. The number of rotatable bonds is 5. The van der Waals surface area contributed by atoms with Gasteiger partial charge in [0, 0.05) is 40.1 Å². The molecule has 254 valence electrons. The number of aryl methyl sites for hydroxylation is 1. The standard InChI is InChI=1S/C43H46N4O.Pt/c1-27-14-12-15-28(2)39(27)40-29(3)45-47(41(40)43(7,8)9)31-16-13-17-32(25-31)48-33-20-21-35-34-18-10-11-19-36(34)46(37(35)26-33)38-24-30(22-23-44-38)42(4,5)6;/h10-11,13-14,16-24,28,39H,12,15H2,1-9H3;/q-2;+2/t28-,39?;/m0./s1. The molecule has 6 heteroatoms. The van der Waals surface area contributed by atoms with Crippen LogP contribution in [0.25, 0.3) is 33.3 Å². The molecule has 2 atom stereocenters. The summed E-state index contributed by atoms with van der Waals surface area (Å²) in [6, 6.07) is 30.1. The molecule has 0 radical (unpaired) electrons. The van der Waals surface area contributed by atoms with Crippen molar-refractivity contribution < 1.29 is 25.8 Å². The Morgan fingerprint density at radius 2 is 1.59 bits per heavy atom. The molecular formula is C43H46N4OPt. The van der Waals surface area contributed by atoms with Crippen LogP contribution in [0.5, 0.6) is 11.5 Å². The number of pyridine rings is 1. The minimum Gasteiger partial charge on any atom is -0.509 e. The van der Waals surface area contributed by atoms with Crippen molar-refractivity contribution in [2.24, 2.45) is 5.92 Å². The third kappa shape index (κ3) is 6.43. The monoisotopic (exact) mass is 829 g/mol. The topological polar surface area (TPSA) is 44.9 Å². The van der Waals surface area contributed by atoms with Gasteiger partial charge >= 0.3 is 21.1 Å². The zero-order valence-corrected chi connectivity index (χ0v) is 32.4. The maximum Gasteiger partial charge on any atom is 2.00 e. The van der Waals surface area contributed by atoms with Crippen LogP contribution in [0.1, 0.15) is 96.7 Å². The van der Waals surface area contributed by atoms with Crippen molar-refractivity contribution in [2.75, 3.05) is 0 Å². The third-order valence-corrected chi connectivity index (χ3v) is 9.87. The zero-order chi connectivity index (χ0) is 34.0. The molecule has 0 spiro atoms. The molecule has 1 unspecified atom stereocenters. The number of hydrogen-bond acceptors (Lipinski definition) is 3. The molecular weight excluding hydrogens is 784 g/mol. The fourth-order valence-electron chi connectivity index (χ4n) is 7.55. The number of para-hydroxylation sites is 1. The summed E-state index contributed by atoms with van der Waals surface area (Å²) in [4.78, 5) is 4.82. The Balaban J connectivity index is 0.00000417. The Kier molecular flexibility index (Phi) is 9.30. The molecule has 0 saturated heterocycles. The molecule has 5 nitrogen and oxygen atoms in total. The first-order chi connectivity index (χ1) is 22.8. The first kappa shape index (κ1) is 34.9. The molecule has 49 heavy (non-hydrogen) atoms. The first-order valence-corrected chi connectivity index (χ1v) is 17.2. The summed E-state index contributed by atoms with van der Waals surface area (Å²) in [5.41, 5.74) is 9.13. The Labute approximate surface area is 305 Å². The minimum absolute atomic E-state index is 0. The average Bonchev–Trinajstić information content (AvgIpc) is 3.55. The van der Waals surface area contributed by atoms with Gasteiger partial charge in [0.25, 0.3) is 0 Å². The molecule has 3 aromatic heterocycles. The summed E-state index contributed by atoms with van der Waals surface area (Å²) in [5.74, 6) is 3.05. The molecule has 0 fully saturated rings. The second kappa shape index (κ2) is 13.1. The first-order valence-electron chi connectivity index (χ1n) is 17.2. The quantitative estimate of drug-likeness (QED) is 0.128. The Bertz CT molecular complexity index is 2190. The van der Waals surface area contributed by atoms with E-state index in [9.17, 15) is 0 Å². The number of benzene rings is 3. The van der Waals surface area contributed by atoms with Crippen LogP contribution in [-0.4, -0.2) is 19.3 Å². The van der Waals surface area contributed by atoms with E-state index < -0.39 is 0 Å². The van der Waals surface area contributed by atoms with Crippen LogP contribution < -0.4 is 4.74 Å². The number of fused-ring (bicyclic) bond motifs is 3. The van der Waals surface area contributed by atoms with Gasteiger partial charge in [-0.05, 0) is 72.9 Å². The van der Waals surface area contributed by atoms with Crippen LogP contribution in [0.15, 0.2) is 84.6 Å². The molecule has 0 amide bonds. The molecule has 7 rings (SSSR count). The summed E-state index contributed by atoms with van der Waals surface area (Å²) >= 11 is 0. The number of nitrogens with zero attached hydrogens (tertiary/aromatic N) is 4. The van der Waals surface area contributed by atoms with Gasteiger partial charge in [-0.2, -0.15) is 17.2 Å². The van der Waals surface area contributed by atoms with Crippen LogP contribution in [0.4, 0.5) is 0 Å². The van der Waals surface area contributed by atoms with Crippen molar-refractivity contribution >= 4 is 21.8 Å². The van der Waals surface area contributed by atoms with Crippen LogP contribution in [0.2, 0.25) is 0 Å². The molecule has 3 aromatic carbocycles. The number of allylic oxidation sites excluding steroid dienone is 2. The van der Waals surface area contributed by atoms with Gasteiger partial charge in [-0.25, -0.2) is 4.98 Å². The van der Waals surface area contributed by atoms with Crippen molar-refractivity contribution in [3.63, 3.8) is 0 Å². The van der Waals surface area contributed by atoms with E-state index in [1.54, 1.807) is 0 Å². The van der Waals surface area contributed by atoms with Crippen molar-refractivity contribution in [1.82, 2.24) is 19.3 Å². The van der Waals surface area contributed by atoms with E-state index in [0.29, 0.717) is 23.3 Å². The zero-order valence-electron chi connectivity index (χ0n) is 30.1. The van der Waals surface area contributed by atoms with Crippen molar-refractivity contribution in [2.45, 2.75) is 91.9 Å². The second-order valence-electron chi connectivity index (χ2n) is 15.6. The van der Waals surface area contributed by atoms with Crippen molar-refractivity contribution in [3.05, 3.63) is 119 Å². The average molecular weight is 830 g/mol. The summed E-state index contributed by atoms with van der Waals surface area (Å²) in [5, 5.41) is 7.42. The van der Waals surface area contributed by atoms with Crippen LogP contribution in [0, 0.1) is 25.0 Å². The molecule has 1 aliphatic rings. The van der Waals surface area contributed by atoms with E-state index in [2.05, 4.69) is 138 Å². The van der Waals surface area contributed by atoms with Crippen LogP contribution in [0.3, 0.4) is 0 Å². The smallest absolute Gasteiger partial charge is 0.509 e. The molecule has 3 heterocycles. The Hall–Kier alpha value is -3.95. The van der Waals surface area contributed by atoms with Crippen molar-refractivity contribution in [1.29, 1.82) is 0 Å². The van der Waals surface area contributed by atoms with Crippen LogP contribution >= 0.6 is 0 Å². The summed E-state index contributed by atoms with van der Waals surface area (Å²) in [6.45, 7) is 20.4. The second-order valence-corrected chi connectivity index (χ2v) is 15.6. The Morgan fingerprint density at radius 3 is 2.33 bits per heavy atom. The van der Waals surface area contributed by atoms with Gasteiger partial charge in [-0.15, -0.1) is 35.7 Å². The minimum atomic E-state index is -0.122. The van der Waals surface area contributed by atoms with Gasteiger partial charge in [-0.1, -0.05) is 83.8 Å². The van der Waals surface area contributed by atoms with Gasteiger partial charge < -0.3 is 9.30 Å². The summed E-state index contributed by atoms with van der Waals surface area (Å²) in [7, 11) is 0. The van der Waals surface area contributed by atoms with Gasteiger partial charge in [0.1, 0.15) is 5.82 Å². The van der Waals surface area contributed by atoms with E-state index in [1.165, 1.54) is 28.8 Å². The molecule has 0 aliphatic heterocycles. The molecule has 6 aromatic rings. The van der Waals surface area contributed by atoms with Crippen molar-refractivity contribution in [3.8, 4) is 23.0 Å². The van der Waals surface area contributed by atoms with Crippen LogP contribution in [-0.2, 0) is 31.9 Å². The van der Waals surface area contributed by atoms with E-state index in [1.807, 2.05) is 24.4 Å². The summed E-state index contributed by atoms with van der Waals surface area (Å²) in [6.07, 6.45) is 6.66. The van der Waals surface area contributed by atoms with E-state index >= 15 is 0 Å². The number of ether oxygens (including phenoxy) is 1. The van der Waals surface area contributed by atoms with Gasteiger partial charge in [0.05, 0.1) is 11.4 Å². The van der Waals surface area contributed by atoms with Gasteiger partial charge in [-0.3, -0.25) is 4.68 Å². The van der Waals surface area contributed by atoms with E-state index in [4.69, 9.17) is 14.8 Å². The fraction of sp³-hybridized carbons (Fsp3) is 0.349. The SMILES string of the molecule is CC1=CCC[C@H](C)C1c1c(C)nn(-c2[c-]c(Oc3[c-]c4c(cc3)c3ccccc3n4-c3cc(C(C)(C)C)ccn3)ccc2)c1C(C)(C)C.[Pt+2]. The summed E-state index contributed by atoms with van der Waals surface area (Å²) < 4.78 is 10.8. The third-order valence-electron chi connectivity index (χ3n) is 9.87.